The van der Waals surface area contributed by atoms with Gasteiger partial charge in [-0.2, -0.15) is 0 Å². The van der Waals surface area contributed by atoms with Gasteiger partial charge in [0.25, 0.3) is 0 Å². The third-order valence-electron chi connectivity index (χ3n) is 3.85. The highest BCUT2D eigenvalue weighted by Gasteiger charge is 2.27. The second-order valence-corrected chi connectivity index (χ2v) is 5.17. The Balaban J connectivity index is 2.03. The van der Waals surface area contributed by atoms with Gasteiger partial charge in [0.15, 0.2) is 0 Å². The average molecular weight is 264 g/mol. The van der Waals surface area contributed by atoms with Gasteiger partial charge in [0, 0.05) is 13.5 Å². The first-order valence-electron chi connectivity index (χ1n) is 7.16. The SMILES string of the molecule is CCCC(OC)C(O)CC1OCCc2ccccc21. The quantitative estimate of drug-likeness (QED) is 0.858. The molecule has 0 spiro atoms. The van der Waals surface area contributed by atoms with E-state index >= 15 is 0 Å². The molecule has 0 saturated carbocycles. The molecule has 0 saturated heterocycles. The maximum Gasteiger partial charge on any atom is 0.0853 e. The molecule has 0 bridgehead atoms. The normalized spacial score (nSPS) is 21.7. The van der Waals surface area contributed by atoms with E-state index in [-0.39, 0.29) is 12.2 Å². The molecule has 3 heteroatoms. The van der Waals surface area contributed by atoms with Gasteiger partial charge in [-0.25, -0.2) is 0 Å². The average Bonchev–Trinajstić information content (AvgIpc) is 2.45. The van der Waals surface area contributed by atoms with Crippen molar-refractivity contribution in [2.75, 3.05) is 13.7 Å². The second-order valence-electron chi connectivity index (χ2n) is 5.17. The summed E-state index contributed by atoms with van der Waals surface area (Å²) in [5.41, 5.74) is 2.56. The van der Waals surface area contributed by atoms with Crippen LogP contribution in [0.4, 0.5) is 0 Å². The molecular weight excluding hydrogens is 240 g/mol. The van der Waals surface area contributed by atoms with Crippen LogP contribution in [0.3, 0.4) is 0 Å². The van der Waals surface area contributed by atoms with Crippen molar-refractivity contribution in [2.45, 2.75) is 50.9 Å². The number of fused-ring (bicyclic) bond motifs is 1. The minimum absolute atomic E-state index is 0.00513. The van der Waals surface area contributed by atoms with Crippen LogP contribution in [0.15, 0.2) is 24.3 Å². The van der Waals surface area contributed by atoms with Crippen LogP contribution < -0.4 is 0 Å². The third-order valence-corrected chi connectivity index (χ3v) is 3.85. The molecule has 1 heterocycles. The minimum Gasteiger partial charge on any atom is -0.390 e. The summed E-state index contributed by atoms with van der Waals surface area (Å²) >= 11 is 0. The maximum atomic E-state index is 10.3. The van der Waals surface area contributed by atoms with Gasteiger partial charge in [-0.05, 0) is 24.0 Å². The van der Waals surface area contributed by atoms with Crippen LogP contribution in [0.5, 0.6) is 0 Å². The molecule has 1 aromatic rings. The molecule has 0 fully saturated rings. The summed E-state index contributed by atoms with van der Waals surface area (Å²) in [6.45, 7) is 2.84. The Morgan fingerprint density at radius 3 is 2.95 bits per heavy atom. The zero-order chi connectivity index (χ0) is 13.7. The van der Waals surface area contributed by atoms with Crippen LogP contribution >= 0.6 is 0 Å². The summed E-state index contributed by atoms with van der Waals surface area (Å²) in [7, 11) is 1.67. The van der Waals surface area contributed by atoms with Crippen molar-refractivity contribution in [1.82, 2.24) is 0 Å². The number of ether oxygens (including phenoxy) is 2. The lowest BCUT2D eigenvalue weighted by Crippen LogP contribution is -2.31. The number of aliphatic hydroxyl groups excluding tert-OH is 1. The molecule has 3 nitrogen and oxygen atoms in total. The van der Waals surface area contributed by atoms with E-state index in [4.69, 9.17) is 9.47 Å². The fourth-order valence-electron chi connectivity index (χ4n) is 2.79. The molecule has 19 heavy (non-hydrogen) atoms. The van der Waals surface area contributed by atoms with E-state index in [1.165, 1.54) is 11.1 Å². The van der Waals surface area contributed by atoms with Gasteiger partial charge in [0.05, 0.1) is 24.9 Å². The summed E-state index contributed by atoms with van der Waals surface area (Å²) < 4.78 is 11.2. The topological polar surface area (TPSA) is 38.7 Å². The summed E-state index contributed by atoms with van der Waals surface area (Å²) in [5.74, 6) is 0. The number of rotatable bonds is 6. The van der Waals surface area contributed by atoms with Crippen molar-refractivity contribution in [3.05, 3.63) is 35.4 Å². The largest absolute Gasteiger partial charge is 0.390 e. The van der Waals surface area contributed by atoms with Crippen molar-refractivity contribution in [2.24, 2.45) is 0 Å². The van der Waals surface area contributed by atoms with Gasteiger partial charge in [-0.3, -0.25) is 0 Å². The zero-order valence-electron chi connectivity index (χ0n) is 11.8. The molecule has 0 aromatic heterocycles. The predicted octanol–water partition coefficient (Wildman–Crippen LogP) is 2.87. The van der Waals surface area contributed by atoms with E-state index in [1.807, 2.05) is 6.07 Å². The highest BCUT2D eigenvalue weighted by Crippen LogP contribution is 2.31. The molecule has 1 N–H and O–H groups in total. The molecule has 3 atom stereocenters. The Morgan fingerprint density at radius 1 is 1.42 bits per heavy atom. The van der Waals surface area contributed by atoms with Crippen LogP contribution in [0.25, 0.3) is 0 Å². The molecule has 2 rings (SSSR count). The van der Waals surface area contributed by atoms with Crippen LogP contribution in [0.1, 0.15) is 43.4 Å². The lowest BCUT2D eigenvalue weighted by atomic mass is 9.92. The summed E-state index contributed by atoms with van der Waals surface area (Å²) in [4.78, 5) is 0. The smallest absolute Gasteiger partial charge is 0.0853 e. The Bertz CT molecular complexity index is 391. The molecular formula is C16H24O3. The van der Waals surface area contributed by atoms with E-state index in [2.05, 4.69) is 25.1 Å². The molecule has 3 unspecified atom stereocenters. The molecule has 106 valence electrons. The first-order valence-corrected chi connectivity index (χ1v) is 7.16. The number of hydrogen-bond donors (Lipinski definition) is 1. The molecule has 1 aromatic carbocycles. The van der Waals surface area contributed by atoms with Gasteiger partial charge in [0.2, 0.25) is 0 Å². The molecule has 0 aliphatic carbocycles. The fraction of sp³-hybridized carbons (Fsp3) is 0.625. The summed E-state index contributed by atoms with van der Waals surface area (Å²) in [5, 5.41) is 10.3. The first-order chi connectivity index (χ1) is 9.26. The van der Waals surface area contributed by atoms with Crippen LogP contribution in [0, 0.1) is 0 Å². The second kappa shape index (κ2) is 7.04. The van der Waals surface area contributed by atoms with E-state index < -0.39 is 6.10 Å². The van der Waals surface area contributed by atoms with E-state index in [0.717, 1.165) is 25.9 Å². The van der Waals surface area contributed by atoms with E-state index in [9.17, 15) is 5.11 Å². The highest BCUT2D eigenvalue weighted by molar-refractivity contribution is 5.30. The van der Waals surface area contributed by atoms with Crippen molar-refractivity contribution in [3.8, 4) is 0 Å². The fourth-order valence-corrected chi connectivity index (χ4v) is 2.79. The Morgan fingerprint density at radius 2 is 2.21 bits per heavy atom. The Kier molecular flexibility index (Phi) is 5.37. The van der Waals surface area contributed by atoms with Crippen molar-refractivity contribution in [1.29, 1.82) is 0 Å². The van der Waals surface area contributed by atoms with Crippen molar-refractivity contribution in [3.63, 3.8) is 0 Å². The van der Waals surface area contributed by atoms with E-state index in [0.29, 0.717) is 6.42 Å². The highest BCUT2D eigenvalue weighted by atomic mass is 16.5. The van der Waals surface area contributed by atoms with E-state index in [1.54, 1.807) is 7.11 Å². The van der Waals surface area contributed by atoms with Crippen molar-refractivity contribution < 1.29 is 14.6 Å². The first kappa shape index (κ1) is 14.5. The number of methoxy groups -OCH3 is 1. The van der Waals surface area contributed by atoms with Gasteiger partial charge >= 0.3 is 0 Å². The predicted molar refractivity (Wildman–Crippen MR) is 75.2 cm³/mol. The molecule has 0 radical (unpaired) electrons. The van der Waals surface area contributed by atoms with Crippen LogP contribution in [0.2, 0.25) is 0 Å². The van der Waals surface area contributed by atoms with Crippen LogP contribution in [-0.2, 0) is 15.9 Å². The minimum atomic E-state index is -0.471. The Hall–Kier alpha value is -0.900. The van der Waals surface area contributed by atoms with Gasteiger partial charge in [0.1, 0.15) is 0 Å². The number of hydrogen-bond acceptors (Lipinski definition) is 3. The lowest BCUT2D eigenvalue weighted by Gasteiger charge is -2.30. The van der Waals surface area contributed by atoms with Gasteiger partial charge in [-0.1, -0.05) is 37.6 Å². The standard InChI is InChI=1S/C16H24O3/c1-3-6-15(18-2)14(17)11-16-13-8-5-4-7-12(13)9-10-19-16/h4-5,7-8,14-17H,3,6,9-11H2,1-2H3. The Labute approximate surface area is 115 Å². The molecule has 0 amide bonds. The number of aliphatic hydroxyl groups is 1. The molecule has 1 aliphatic rings. The molecule has 1 aliphatic heterocycles. The summed E-state index contributed by atoms with van der Waals surface area (Å²) in [6, 6.07) is 8.35. The summed E-state index contributed by atoms with van der Waals surface area (Å²) in [6.07, 6.45) is 2.89. The maximum absolute atomic E-state index is 10.3. The van der Waals surface area contributed by atoms with Gasteiger partial charge in [-0.15, -0.1) is 0 Å². The van der Waals surface area contributed by atoms with Gasteiger partial charge < -0.3 is 14.6 Å². The monoisotopic (exact) mass is 264 g/mol. The third kappa shape index (κ3) is 3.56. The van der Waals surface area contributed by atoms with Crippen molar-refractivity contribution >= 4 is 0 Å². The lowest BCUT2D eigenvalue weighted by molar-refractivity contribution is -0.0570. The van der Waals surface area contributed by atoms with Crippen LogP contribution in [-0.4, -0.2) is 31.0 Å². The number of benzene rings is 1. The zero-order valence-corrected chi connectivity index (χ0v) is 11.8.